The van der Waals surface area contributed by atoms with Crippen LogP contribution in [0.1, 0.15) is 56.2 Å². The highest BCUT2D eigenvalue weighted by molar-refractivity contribution is 5.79. The Morgan fingerprint density at radius 1 is 0.857 bits per heavy atom. The van der Waals surface area contributed by atoms with Crippen LogP contribution in [0.5, 0.6) is 0 Å². The zero-order chi connectivity index (χ0) is 14.5. The molecule has 0 amide bonds. The van der Waals surface area contributed by atoms with Gasteiger partial charge >= 0.3 is 0 Å². The Morgan fingerprint density at radius 3 is 2.10 bits per heavy atom. The normalized spacial score (nSPS) is 13.6. The average Bonchev–Trinajstić information content (AvgIpc) is 2.85. The summed E-state index contributed by atoms with van der Waals surface area (Å²) in [6.45, 7) is 2.25. The largest absolute Gasteiger partial charge is 0.285 e. The molecule has 0 saturated heterocycles. The summed E-state index contributed by atoms with van der Waals surface area (Å²) in [6, 6.07) is 17.5. The standard InChI is InChI=1S/C20H23N/c1-2-3-4-5-10-15-21-20-18-13-8-6-11-16(18)17-12-7-9-14-19(17)20/h6-9,11-15,20H,2-5,10H2,1H3. The second kappa shape index (κ2) is 6.71. The van der Waals surface area contributed by atoms with Gasteiger partial charge in [-0.1, -0.05) is 74.7 Å². The van der Waals surface area contributed by atoms with Gasteiger partial charge in [0, 0.05) is 0 Å². The molecule has 1 heteroatoms. The molecule has 0 unspecified atom stereocenters. The van der Waals surface area contributed by atoms with Crippen LogP contribution in [0.15, 0.2) is 53.5 Å². The minimum atomic E-state index is 0.198. The summed E-state index contributed by atoms with van der Waals surface area (Å²) in [4.78, 5) is 4.88. The summed E-state index contributed by atoms with van der Waals surface area (Å²) in [5.41, 5.74) is 5.40. The molecule has 0 N–H and O–H groups in total. The van der Waals surface area contributed by atoms with Gasteiger partial charge in [-0.15, -0.1) is 0 Å². The lowest BCUT2D eigenvalue weighted by atomic mass is 10.1. The van der Waals surface area contributed by atoms with Gasteiger partial charge in [0.1, 0.15) is 6.04 Å². The minimum Gasteiger partial charge on any atom is -0.285 e. The van der Waals surface area contributed by atoms with E-state index in [1.54, 1.807) is 0 Å². The SMILES string of the molecule is CCCCCCC=NC1c2ccccc2-c2ccccc21. The van der Waals surface area contributed by atoms with E-state index in [4.69, 9.17) is 4.99 Å². The van der Waals surface area contributed by atoms with E-state index >= 15 is 0 Å². The molecule has 0 aliphatic heterocycles. The number of fused-ring (bicyclic) bond motifs is 3. The van der Waals surface area contributed by atoms with Crippen molar-refractivity contribution in [3.8, 4) is 11.1 Å². The van der Waals surface area contributed by atoms with Gasteiger partial charge in [-0.05, 0) is 41.3 Å². The number of hydrogen-bond donors (Lipinski definition) is 0. The molecule has 1 aliphatic carbocycles. The molecule has 1 aliphatic rings. The molecule has 0 radical (unpaired) electrons. The Balaban J connectivity index is 1.77. The highest BCUT2D eigenvalue weighted by Crippen LogP contribution is 2.44. The van der Waals surface area contributed by atoms with Crippen molar-refractivity contribution in [2.24, 2.45) is 4.99 Å². The first-order valence-electron chi connectivity index (χ1n) is 8.11. The van der Waals surface area contributed by atoms with Gasteiger partial charge in [0.25, 0.3) is 0 Å². The number of rotatable bonds is 6. The molecular formula is C20H23N. The number of nitrogens with zero attached hydrogens (tertiary/aromatic N) is 1. The number of hydrogen-bond acceptors (Lipinski definition) is 1. The van der Waals surface area contributed by atoms with Gasteiger partial charge in [0.15, 0.2) is 0 Å². The summed E-state index contributed by atoms with van der Waals surface area (Å²) >= 11 is 0. The van der Waals surface area contributed by atoms with Crippen LogP contribution in [-0.2, 0) is 0 Å². The highest BCUT2D eigenvalue weighted by Gasteiger charge is 2.26. The van der Waals surface area contributed by atoms with Crippen molar-refractivity contribution >= 4 is 6.21 Å². The molecule has 2 aromatic rings. The van der Waals surface area contributed by atoms with Crippen LogP contribution in [0.3, 0.4) is 0 Å². The molecule has 0 saturated carbocycles. The average molecular weight is 277 g/mol. The van der Waals surface area contributed by atoms with E-state index in [0.717, 1.165) is 6.42 Å². The van der Waals surface area contributed by atoms with Crippen molar-refractivity contribution in [3.05, 3.63) is 59.7 Å². The second-order valence-corrected chi connectivity index (χ2v) is 5.76. The van der Waals surface area contributed by atoms with E-state index < -0.39 is 0 Å². The van der Waals surface area contributed by atoms with Gasteiger partial charge in [0.05, 0.1) is 0 Å². The topological polar surface area (TPSA) is 12.4 Å². The van der Waals surface area contributed by atoms with Crippen LogP contribution in [-0.4, -0.2) is 6.21 Å². The van der Waals surface area contributed by atoms with Crippen molar-refractivity contribution in [2.45, 2.75) is 45.1 Å². The van der Waals surface area contributed by atoms with Crippen LogP contribution >= 0.6 is 0 Å². The van der Waals surface area contributed by atoms with E-state index in [2.05, 4.69) is 61.7 Å². The van der Waals surface area contributed by atoms with E-state index in [1.165, 1.54) is 47.9 Å². The Morgan fingerprint density at radius 2 is 1.48 bits per heavy atom. The van der Waals surface area contributed by atoms with Crippen molar-refractivity contribution in [1.82, 2.24) is 0 Å². The Labute approximate surface area is 127 Å². The third-order valence-corrected chi connectivity index (χ3v) is 4.24. The van der Waals surface area contributed by atoms with Gasteiger partial charge in [-0.25, -0.2) is 0 Å². The first-order valence-corrected chi connectivity index (χ1v) is 8.11. The molecule has 2 aromatic carbocycles. The summed E-state index contributed by atoms with van der Waals surface area (Å²) < 4.78 is 0. The number of benzene rings is 2. The van der Waals surface area contributed by atoms with Crippen molar-refractivity contribution in [1.29, 1.82) is 0 Å². The first-order chi connectivity index (χ1) is 10.4. The molecule has 0 fully saturated rings. The Kier molecular flexibility index (Phi) is 4.49. The molecular weight excluding hydrogens is 254 g/mol. The smallest absolute Gasteiger partial charge is 0.101 e. The monoisotopic (exact) mass is 277 g/mol. The molecule has 0 atom stereocenters. The van der Waals surface area contributed by atoms with E-state index in [1.807, 2.05) is 0 Å². The van der Waals surface area contributed by atoms with Crippen LogP contribution in [0.2, 0.25) is 0 Å². The minimum absolute atomic E-state index is 0.198. The quantitative estimate of drug-likeness (QED) is 0.467. The van der Waals surface area contributed by atoms with Gasteiger partial charge < -0.3 is 0 Å². The van der Waals surface area contributed by atoms with E-state index in [0.29, 0.717) is 0 Å². The van der Waals surface area contributed by atoms with Gasteiger partial charge in [-0.3, -0.25) is 4.99 Å². The first kappa shape index (κ1) is 14.1. The number of aliphatic imine (C=N–C) groups is 1. The summed E-state index contributed by atoms with van der Waals surface area (Å²) in [5.74, 6) is 0. The predicted octanol–water partition coefficient (Wildman–Crippen LogP) is 5.80. The molecule has 3 rings (SSSR count). The lowest BCUT2D eigenvalue weighted by Crippen LogP contribution is -1.93. The molecule has 0 bridgehead atoms. The fourth-order valence-corrected chi connectivity index (χ4v) is 3.13. The van der Waals surface area contributed by atoms with Crippen LogP contribution in [0.25, 0.3) is 11.1 Å². The maximum absolute atomic E-state index is 4.88. The van der Waals surface area contributed by atoms with Gasteiger partial charge in [0.2, 0.25) is 0 Å². The second-order valence-electron chi connectivity index (χ2n) is 5.76. The highest BCUT2D eigenvalue weighted by atomic mass is 14.8. The fourth-order valence-electron chi connectivity index (χ4n) is 3.13. The third kappa shape index (κ3) is 2.92. The van der Waals surface area contributed by atoms with Crippen molar-refractivity contribution in [3.63, 3.8) is 0 Å². The van der Waals surface area contributed by atoms with E-state index in [9.17, 15) is 0 Å². The zero-order valence-electron chi connectivity index (χ0n) is 12.8. The lowest BCUT2D eigenvalue weighted by molar-refractivity contribution is 0.684. The summed E-state index contributed by atoms with van der Waals surface area (Å²) in [5, 5.41) is 0. The Hall–Kier alpha value is -1.89. The van der Waals surface area contributed by atoms with Crippen LogP contribution in [0.4, 0.5) is 0 Å². The molecule has 0 spiro atoms. The fraction of sp³-hybridized carbons (Fsp3) is 0.350. The zero-order valence-corrected chi connectivity index (χ0v) is 12.8. The van der Waals surface area contributed by atoms with Crippen LogP contribution in [0, 0.1) is 0 Å². The maximum atomic E-state index is 4.88. The Bertz CT molecular complexity index is 582. The number of unbranched alkanes of at least 4 members (excludes halogenated alkanes) is 4. The van der Waals surface area contributed by atoms with Crippen molar-refractivity contribution in [2.75, 3.05) is 0 Å². The summed E-state index contributed by atoms with van der Waals surface area (Å²) in [7, 11) is 0. The third-order valence-electron chi connectivity index (χ3n) is 4.24. The summed E-state index contributed by atoms with van der Waals surface area (Å²) in [6.07, 6.45) is 8.44. The predicted molar refractivity (Wildman–Crippen MR) is 91.0 cm³/mol. The lowest BCUT2D eigenvalue weighted by Gasteiger charge is -2.07. The molecule has 21 heavy (non-hydrogen) atoms. The molecule has 0 aromatic heterocycles. The molecule has 1 nitrogen and oxygen atoms in total. The van der Waals surface area contributed by atoms with Crippen LogP contribution < -0.4 is 0 Å². The maximum Gasteiger partial charge on any atom is 0.101 e. The molecule has 108 valence electrons. The van der Waals surface area contributed by atoms with E-state index in [-0.39, 0.29) is 6.04 Å². The molecule has 0 heterocycles. The van der Waals surface area contributed by atoms with Crippen molar-refractivity contribution < 1.29 is 0 Å². The van der Waals surface area contributed by atoms with Gasteiger partial charge in [-0.2, -0.15) is 0 Å².